The lowest BCUT2D eigenvalue weighted by atomic mass is 9.97. The van der Waals surface area contributed by atoms with Crippen molar-refractivity contribution in [3.63, 3.8) is 0 Å². The lowest BCUT2D eigenvalue weighted by molar-refractivity contribution is 0.112. The Morgan fingerprint density at radius 2 is 2.00 bits per heavy atom. The Kier molecular flexibility index (Phi) is 4.51. The van der Waals surface area contributed by atoms with Gasteiger partial charge < -0.3 is 4.90 Å². The second-order valence-corrected chi connectivity index (χ2v) is 5.08. The van der Waals surface area contributed by atoms with E-state index in [1.807, 2.05) is 4.90 Å². The minimum atomic E-state index is -0.634. The van der Waals surface area contributed by atoms with E-state index >= 15 is 0 Å². The van der Waals surface area contributed by atoms with Crippen LogP contribution in [-0.2, 0) is 0 Å². The number of hydrogen-bond donors (Lipinski definition) is 0. The molecule has 0 spiro atoms. The van der Waals surface area contributed by atoms with E-state index in [4.69, 9.17) is 0 Å². The Labute approximate surface area is 112 Å². The summed E-state index contributed by atoms with van der Waals surface area (Å²) in [5.41, 5.74) is 0.0755. The third-order valence-electron chi connectivity index (χ3n) is 3.71. The highest BCUT2D eigenvalue weighted by Gasteiger charge is 2.26. The number of halogens is 2. The minimum absolute atomic E-state index is 0.0313. The van der Waals surface area contributed by atoms with Crippen molar-refractivity contribution in [1.29, 1.82) is 0 Å². The zero-order chi connectivity index (χ0) is 13.8. The van der Waals surface area contributed by atoms with Crippen LogP contribution in [0.3, 0.4) is 0 Å². The van der Waals surface area contributed by atoms with Crippen LogP contribution in [0.5, 0.6) is 0 Å². The van der Waals surface area contributed by atoms with Gasteiger partial charge in [-0.2, -0.15) is 0 Å². The Balaban J connectivity index is 2.35. The highest BCUT2D eigenvalue weighted by atomic mass is 19.1. The molecule has 0 saturated carbocycles. The molecular formula is C15H19F2NO. The summed E-state index contributed by atoms with van der Waals surface area (Å²) in [5.74, 6) is -1.27. The van der Waals surface area contributed by atoms with Crippen molar-refractivity contribution in [2.75, 3.05) is 11.4 Å². The quantitative estimate of drug-likeness (QED) is 0.770. The third kappa shape index (κ3) is 2.94. The molecule has 0 N–H and O–H groups in total. The van der Waals surface area contributed by atoms with Gasteiger partial charge in [0.15, 0.2) is 0 Å². The van der Waals surface area contributed by atoms with Crippen molar-refractivity contribution in [2.45, 2.75) is 45.1 Å². The smallest absolute Gasteiger partial charge is 0.150 e. The maximum Gasteiger partial charge on any atom is 0.150 e. The van der Waals surface area contributed by atoms with Crippen molar-refractivity contribution in [2.24, 2.45) is 0 Å². The molecule has 19 heavy (non-hydrogen) atoms. The summed E-state index contributed by atoms with van der Waals surface area (Å²) in [4.78, 5) is 12.5. The van der Waals surface area contributed by atoms with Crippen LogP contribution in [0.1, 0.15) is 49.4 Å². The molecule has 0 aromatic heterocycles. The summed E-state index contributed by atoms with van der Waals surface area (Å²) in [6.07, 6.45) is 5.44. The summed E-state index contributed by atoms with van der Waals surface area (Å²) in [7, 11) is 0. The fraction of sp³-hybridized carbons (Fsp3) is 0.533. The van der Waals surface area contributed by atoms with Gasteiger partial charge in [-0.25, -0.2) is 8.78 Å². The average molecular weight is 267 g/mol. The third-order valence-corrected chi connectivity index (χ3v) is 3.71. The van der Waals surface area contributed by atoms with E-state index in [2.05, 4.69) is 6.92 Å². The number of benzene rings is 1. The molecule has 1 fully saturated rings. The highest BCUT2D eigenvalue weighted by molar-refractivity contribution is 5.76. The molecule has 1 aromatic rings. The van der Waals surface area contributed by atoms with Crippen LogP contribution >= 0.6 is 0 Å². The van der Waals surface area contributed by atoms with Gasteiger partial charge in [0.2, 0.25) is 0 Å². The molecule has 0 bridgehead atoms. The molecule has 0 amide bonds. The molecule has 4 heteroatoms. The van der Waals surface area contributed by atoms with Crippen LogP contribution in [0.2, 0.25) is 0 Å². The molecule has 1 aliphatic heterocycles. The zero-order valence-electron chi connectivity index (χ0n) is 11.2. The van der Waals surface area contributed by atoms with Crippen LogP contribution in [0.25, 0.3) is 0 Å². The number of rotatable bonds is 4. The lowest BCUT2D eigenvalue weighted by Gasteiger charge is -2.38. The zero-order valence-corrected chi connectivity index (χ0v) is 11.2. The second kappa shape index (κ2) is 6.13. The number of carbonyl (C=O) groups is 1. The Bertz CT molecular complexity index is 436. The lowest BCUT2D eigenvalue weighted by Crippen LogP contribution is -2.40. The monoisotopic (exact) mass is 267 g/mol. The van der Waals surface area contributed by atoms with Gasteiger partial charge in [-0.15, -0.1) is 0 Å². The van der Waals surface area contributed by atoms with Gasteiger partial charge in [-0.1, -0.05) is 13.3 Å². The van der Waals surface area contributed by atoms with E-state index in [1.165, 1.54) is 0 Å². The molecule has 2 nitrogen and oxygen atoms in total. The summed E-state index contributed by atoms with van der Waals surface area (Å²) in [5, 5.41) is 0. The minimum Gasteiger partial charge on any atom is -0.364 e. The molecule has 1 aliphatic rings. The molecule has 1 aromatic carbocycles. The van der Waals surface area contributed by atoms with Gasteiger partial charge in [0.05, 0.1) is 0 Å². The van der Waals surface area contributed by atoms with Crippen molar-refractivity contribution < 1.29 is 13.6 Å². The van der Waals surface area contributed by atoms with Crippen LogP contribution in [0, 0.1) is 11.6 Å². The summed E-state index contributed by atoms with van der Waals surface area (Å²) < 4.78 is 28.1. The first kappa shape index (κ1) is 14.0. The fourth-order valence-corrected chi connectivity index (χ4v) is 2.86. The highest BCUT2D eigenvalue weighted by Crippen LogP contribution is 2.32. The van der Waals surface area contributed by atoms with E-state index in [0.717, 1.165) is 44.2 Å². The van der Waals surface area contributed by atoms with Gasteiger partial charge in [0, 0.05) is 18.2 Å². The number of carbonyl (C=O) groups excluding carboxylic acids is 1. The SMILES string of the molecule is CCCC1CCCCN1c1c(F)cc(C=O)cc1F. The number of hydrogen-bond acceptors (Lipinski definition) is 2. The van der Waals surface area contributed by atoms with E-state index < -0.39 is 11.6 Å². The Morgan fingerprint density at radius 1 is 1.32 bits per heavy atom. The predicted octanol–water partition coefficient (Wildman–Crippen LogP) is 3.94. The van der Waals surface area contributed by atoms with Gasteiger partial charge in [-0.05, 0) is 37.8 Å². The molecule has 0 radical (unpaired) electrons. The van der Waals surface area contributed by atoms with E-state index in [0.29, 0.717) is 12.8 Å². The van der Waals surface area contributed by atoms with E-state index in [9.17, 15) is 13.6 Å². The average Bonchev–Trinajstić information content (AvgIpc) is 2.40. The first-order valence-corrected chi connectivity index (χ1v) is 6.88. The molecular weight excluding hydrogens is 248 g/mol. The molecule has 1 atom stereocenters. The molecule has 1 unspecified atom stereocenters. The summed E-state index contributed by atoms with van der Waals surface area (Å²) in [6, 6.07) is 2.43. The first-order valence-electron chi connectivity index (χ1n) is 6.88. The van der Waals surface area contributed by atoms with Crippen molar-refractivity contribution in [3.05, 3.63) is 29.3 Å². The van der Waals surface area contributed by atoms with Crippen LogP contribution in [-0.4, -0.2) is 18.9 Å². The Morgan fingerprint density at radius 3 is 2.58 bits per heavy atom. The number of piperidine rings is 1. The van der Waals surface area contributed by atoms with Gasteiger partial charge in [0.25, 0.3) is 0 Å². The normalized spacial score (nSPS) is 19.5. The second-order valence-electron chi connectivity index (χ2n) is 5.08. The van der Waals surface area contributed by atoms with Crippen LogP contribution in [0.4, 0.5) is 14.5 Å². The standard InChI is InChI=1S/C15H19F2NO/c1-2-5-12-6-3-4-7-18(12)15-13(16)8-11(10-19)9-14(15)17/h8-10,12H,2-7H2,1H3. The van der Waals surface area contributed by atoms with Crippen LogP contribution in [0.15, 0.2) is 12.1 Å². The number of anilines is 1. The Hall–Kier alpha value is -1.45. The molecule has 1 saturated heterocycles. The van der Waals surface area contributed by atoms with Crippen molar-refractivity contribution in [1.82, 2.24) is 0 Å². The first-order chi connectivity index (χ1) is 9.17. The molecule has 1 heterocycles. The summed E-state index contributed by atoms with van der Waals surface area (Å²) in [6.45, 7) is 2.76. The van der Waals surface area contributed by atoms with Crippen molar-refractivity contribution in [3.8, 4) is 0 Å². The van der Waals surface area contributed by atoms with E-state index in [1.54, 1.807) is 0 Å². The van der Waals surface area contributed by atoms with Gasteiger partial charge in [-0.3, -0.25) is 4.79 Å². The molecule has 0 aliphatic carbocycles. The molecule has 2 rings (SSSR count). The van der Waals surface area contributed by atoms with Crippen molar-refractivity contribution >= 4 is 12.0 Å². The molecule has 104 valence electrons. The van der Waals surface area contributed by atoms with Crippen LogP contribution < -0.4 is 4.90 Å². The summed E-state index contributed by atoms with van der Waals surface area (Å²) >= 11 is 0. The topological polar surface area (TPSA) is 20.3 Å². The van der Waals surface area contributed by atoms with Gasteiger partial charge in [0.1, 0.15) is 23.6 Å². The maximum atomic E-state index is 14.1. The fourth-order valence-electron chi connectivity index (χ4n) is 2.86. The van der Waals surface area contributed by atoms with Gasteiger partial charge >= 0.3 is 0 Å². The number of nitrogens with zero attached hydrogens (tertiary/aromatic N) is 1. The maximum absolute atomic E-state index is 14.1. The van der Waals surface area contributed by atoms with E-state index in [-0.39, 0.29) is 17.3 Å². The number of aldehydes is 1. The predicted molar refractivity (Wildman–Crippen MR) is 71.6 cm³/mol. The largest absolute Gasteiger partial charge is 0.364 e.